The summed E-state index contributed by atoms with van der Waals surface area (Å²) in [6.07, 6.45) is 3.64. The summed E-state index contributed by atoms with van der Waals surface area (Å²) in [4.78, 5) is 0. The highest BCUT2D eigenvalue weighted by atomic mass is 16.5. The number of hydrogen-bond donors (Lipinski definition) is 1. The second kappa shape index (κ2) is 6.26. The number of methoxy groups -OCH3 is 1. The fourth-order valence-corrected chi connectivity index (χ4v) is 2.08. The molecule has 0 aliphatic heterocycles. The standard InChI is InChI=1S/C15H19NO2/c1-16-15(9-8-13-7-4-10-18-13)12-5-3-6-14(11-12)17-2/h3-7,10-11,15-16H,8-9H2,1-2H3. The molecule has 1 N–H and O–H groups in total. The van der Waals surface area contributed by atoms with Crippen LogP contribution in [0, 0.1) is 0 Å². The van der Waals surface area contributed by atoms with E-state index < -0.39 is 0 Å². The molecule has 1 atom stereocenters. The molecule has 3 nitrogen and oxygen atoms in total. The summed E-state index contributed by atoms with van der Waals surface area (Å²) in [6.45, 7) is 0. The van der Waals surface area contributed by atoms with Gasteiger partial charge < -0.3 is 14.5 Å². The summed E-state index contributed by atoms with van der Waals surface area (Å²) in [5.41, 5.74) is 1.24. The van der Waals surface area contributed by atoms with Crippen molar-refractivity contribution in [3.05, 3.63) is 54.0 Å². The average Bonchev–Trinajstić information content (AvgIpc) is 2.93. The van der Waals surface area contributed by atoms with Crippen LogP contribution in [-0.2, 0) is 6.42 Å². The first-order valence-corrected chi connectivity index (χ1v) is 6.17. The lowest BCUT2D eigenvalue weighted by atomic mass is 10.0. The summed E-state index contributed by atoms with van der Waals surface area (Å²) in [5, 5.41) is 3.33. The van der Waals surface area contributed by atoms with Crippen LogP contribution in [-0.4, -0.2) is 14.2 Å². The molecule has 1 aromatic heterocycles. The molecule has 0 bridgehead atoms. The molecule has 96 valence electrons. The van der Waals surface area contributed by atoms with Crippen LogP contribution < -0.4 is 10.1 Å². The maximum Gasteiger partial charge on any atom is 0.119 e. The van der Waals surface area contributed by atoms with Crippen molar-refractivity contribution in [2.75, 3.05) is 14.2 Å². The molecule has 0 aliphatic rings. The SMILES string of the molecule is CNC(CCc1ccco1)c1cccc(OC)c1. The topological polar surface area (TPSA) is 34.4 Å². The molecule has 1 heterocycles. The first kappa shape index (κ1) is 12.7. The Morgan fingerprint density at radius 3 is 2.83 bits per heavy atom. The van der Waals surface area contributed by atoms with Crippen molar-refractivity contribution in [1.29, 1.82) is 0 Å². The van der Waals surface area contributed by atoms with E-state index in [2.05, 4.69) is 17.4 Å². The second-order valence-electron chi connectivity index (χ2n) is 4.24. The lowest BCUT2D eigenvalue weighted by Crippen LogP contribution is -2.17. The van der Waals surface area contributed by atoms with Crippen molar-refractivity contribution >= 4 is 0 Å². The zero-order valence-corrected chi connectivity index (χ0v) is 10.8. The van der Waals surface area contributed by atoms with Crippen molar-refractivity contribution in [3.8, 4) is 5.75 Å². The van der Waals surface area contributed by atoms with Crippen LogP contribution >= 0.6 is 0 Å². The molecule has 0 radical (unpaired) electrons. The highest BCUT2D eigenvalue weighted by Gasteiger charge is 2.10. The van der Waals surface area contributed by atoms with Gasteiger partial charge >= 0.3 is 0 Å². The van der Waals surface area contributed by atoms with E-state index in [1.54, 1.807) is 13.4 Å². The normalized spacial score (nSPS) is 12.3. The first-order valence-electron chi connectivity index (χ1n) is 6.17. The van der Waals surface area contributed by atoms with E-state index >= 15 is 0 Å². The number of aryl methyl sites for hydroxylation is 1. The minimum absolute atomic E-state index is 0.310. The number of hydrogen-bond acceptors (Lipinski definition) is 3. The van der Waals surface area contributed by atoms with Crippen LogP contribution in [0.1, 0.15) is 23.8 Å². The van der Waals surface area contributed by atoms with Gasteiger partial charge in [-0.2, -0.15) is 0 Å². The molecule has 1 aromatic carbocycles. The lowest BCUT2D eigenvalue weighted by molar-refractivity contribution is 0.412. The molecule has 2 aromatic rings. The van der Waals surface area contributed by atoms with Gasteiger partial charge in [-0.15, -0.1) is 0 Å². The molecule has 0 aliphatic carbocycles. The molecular formula is C15H19NO2. The molecule has 1 unspecified atom stereocenters. The van der Waals surface area contributed by atoms with Crippen LogP contribution in [0.5, 0.6) is 5.75 Å². The Hall–Kier alpha value is -1.74. The minimum atomic E-state index is 0.310. The Bertz CT molecular complexity index is 465. The Morgan fingerprint density at radius 2 is 2.17 bits per heavy atom. The summed E-state index contributed by atoms with van der Waals surface area (Å²) in [6, 6.07) is 12.4. The monoisotopic (exact) mass is 245 g/mol. The third kappa shape index (κ3) is 3.14. The van der Waals surface area contributed by atoms with Gasteiger partial charge in [0.15, 0.2) is 0 Å². The number of nitrogens with one attached hydrogen (secondary N) is 1. The largest absolute Gasteiger partial charge is 0.497 e. The minimum Gasteiger partial charge on any atom is -0.497 e. The van der Waals surface area contributed by atoms with E-state index in [9.17, 15) is 0 Å². The van der Waals surface area contributed by atoms with Crippen molar-refractivity contribution in [2.24, 2.45) is 0 Å². The third-order valence-electron chi connectivity index (χ3n) is 3.10. The van der Waals surface area contributed by atoms with Crippen molar-refractivity contribution in [3.63, 3.8) is 0 Å². The average molecular weight is 245 g/mol. The van der Waals surface area contributed by atoms with Gasteiger partial charge in [0.05, 0.1) is 13.4 Å². The van der Waals surface area contributed by atoms with E-state index in [0.29, 0.717) is 6.04 Å². The third-order valence-corrected chi connectivity index (χ3v) is 3.10. The fourth-order valence-electron chi connectivity index (χ4n) is 2.08. The maximum absolute atomic E-state index is 5.36. The highest BCUT2D eigenvalue weighted by molar-refractivity contribution is 5.30. The molecular weight excluding hydrogens is 226 g/mol. The molecule has 0 amide bonds. The van der Waals surface area contributed by atoms with Gasteiger partial charge in [-0.25, -0.2) is 0 Å². The number of rotatable bonds is 6. The quantitative estimate of drug-likeness (QED) is 0.848. The van der Waals surface area contributed by atoms with Gasteiger partial charge in [-0.3, -0.25) is 0 Å². The zero-order valence-electron chi connectivity index (χ0n) is 10.8. The molecule has 0 saturated carbocycles. The van der Waals surface area contributed by atoms with Crippen LogP contribution in [0.25, 0.3) is 0 Å². The van der Waals surface area contributed by atoms with Crippen molar-refractivity contribution in [2.45, 2.75) is 18.9 Å². The summed E-state index contributed by atoms with van der Waals surface area (Å²) < 4.78 is 10.6. The lowest BCUT2D eigenvalue weighted by Gasteiger charge is -2.16. The van der Waals surface area contributed by atoms with Crippen molar-refractivity contribution in [1.82, 2.24) is 5.32 Å². The van der Waals surface area contributed by atoms with E-state index in [4.69, 9.17) is 9.15 Å². The predicted octanol–water partition coefficient (Wildman–Crippen LogP) is 3.18. The smallest absolute Gasteiger partial charge is 0.119 e. The van der Waals surface area contributed by atoms with Crippen LogP contribution in [0.3, 0.4) is 0 Å². The summed E-state index contributed by atoms with van der Waals surface area (Å²) in [7, 11) is 3.67. The first-order chi connectivity index (χ1) is 8.83. The molecule has 0 fully saturated rings. The van der Waals surface area contributed by atoms with Gasteiger partial charge in [0.1, 0.15) is 11.5 Å². The van der Waals surface area contributed by atoms with Gasteiger partial charge in [-0.1, -0.05) is 12.1 Å². The summed E-state index contributed by atoms with van der Waals surface area (Å²) >= 11 is 0. The van der Waals surface area contributed by atoms with Gasteiger partial charge in [0.2, 0.25) is 0 Å². The Labute approximate surface area is 108 Å². The van der Waals surface area contributed by atoms with E-state index in [-0.39, 0.29) is 0 Å². The predicted molar refractivity (Wildman–Crippen MR) is 71.8 cm³/mol. The fraction of sp³-hybridized carbons (Fsp3) is 0.333. The number of ether oxygens (including phenoxy) is 1. The molecule has 0 spiro atoms. The molecule has 3 heteroatoms. The van der Waals surface area contributed by atoms with Crippen molar-refractivity contribution < 1.29 is 9.15 Å². The van der Waals surface area contributed by atoms with E-state index in [1.165, 1.54) is 5.56 Å². The zero-order chi connectivity index (χ0) is 12.8. The highest BCUT2D eigenvalue weighted by Crippen LogP contribution is 2.22. The van der Waals surface area contributed by atoms with Gasteiger partial charge in [0, 0.05) is 12.5 Å². The van der Waals surface area contributed by atoms with Crippen LogP contribution in [0.4, 0.5) is 0 Å². The molecule has 18 heavy (non-hydrogen) atoms. The van der Waals surface area contributed by atoms with Crippen LogP contribution in [0.2, 0.25) is 0 Å². The summed E-state index contributed by atoms with van der Waals surface area (Å²) in [5.74, 6) is 1.92. The second-order valence-corrected chi connectivity index (χ2v) is 4.24. The van der Waals surface area contributed by atoms with Crippen LogP contribution in [0.15, 0.2) is 47.1 Å². The molecule has 0 saturated heterocycles. The number of furan rings is 1. The molecule has 2 rings (SSSR count). The Balaban J connectivity index is 2.03. The van der Waals surface area contributed by atoms with Gasteiger partial charge in [-0.05, 0) is 43.3 Å². The Morgan fingerprint density at radius 1 is 1.28 bits per heavy atom. The number of benzene rings is 1. The van der Waals surface area contributed by atoms with E-state index in [0.717, 1.165) is 24.4 Å². The maximum atomic E-state index is 5.36. The Kier molecular flexibility index (Phi) is 4.42. The van der Waals surface area contributed by atoms with E-state index in [1.807, 2.05) is 31.3 Å². The van der Waals surface area contributed by atoms with Gasteiger partial charge in [0.25, 0.3) is 0 Å².